The van der Waals surface area contributed by atoms with Crippen LogP contribution in [0.15, 0.2) is 48.5 Å². The molecule has 0 saturated carbocycles. The maximum Gasteiger partial charge on any atom is 0.180 e. The monoisotopic (exact) mass is 401 g/mol. The van der Waals surface area contributed by atoms with Crippen LogP contribution in [0.4, 0.5) is 0 Å². The first-order chi connectivity index (χ1) is 14.8. The Hall–Kier alpha value is -3.35. The lowest BCUT2D eigenvalue weighted by molar-refractivity contribution is 0.628. The van der Waals surface area contributed by atoms with Gasteiger partial charge in [0.15, 0.2) is 11.6 Å². The van der Waals surface area contributed by atoms with Gasteiger partial charge in [0, 0.05) is 18.4 Å². The van der Waals surface area contributed by atoms with Crippen molar-refractivity contribution >= 4 is 0 Å². The molecule has 1 N–H and O–H groups in total. The number of H-pyrrole nitrogens is 1. The normalized spacial score (nSPS) is 11.1. The third-order valence-corrected chi connectivity index (χ3v) is 5.24. The summed E-state index contributed by atoms with van der Waals surface area (Å²) in [5, 5.41) is 19.1. The number of unbranched alkanes of at least 4 members (excludes halogenated alkanes) is 2. The zero-order chi connectivity index (χ0) is 20.8. The fraction of sp³-hybridized carbons (Fsp3) is 0.348. The van der Waals surface area contributed by atoms with Crippen LogP contribution in [0, 0.1) is 0 Å². The van der Waals surface area contributed by atoms with Crippen LogP contribution >= 0.6 is 0 Å². The van der Waals surface area contributed by atoms with E-state index in [1.54, 1.807) is 0 Å². The van der Waals surface area contributed by atoms with E-state index in [1.807, 2.05) is 22.9 Å². The summed E-state index contributed by atoms with van der Waals surface area (Å²) in [4.78, 5) is 4.73. The molecular weight excluding hydrogens is 374 g/mol. The highest BCUT2D eigenvalue weighted by atomic mass is 15.5. The van der Waals surface area contributed by atoms with Gasteiger partial charge in [-0.25, -0.2) is 14.8 Å². The molecule has 0 aliphatic heterocycles. The molecule has 0 aliphatic carbocycles. The number of hydrogen-bond acceptors (Lipinski definition) is 5. The molecule has 4 aromatic rings. The minimum Gasteiger partial charge on any atom is -0.245 e. The van der Waals surface area contributed by atoms with Crippen LogP contribution in [0.5, 0.6) is 0 Å². The fourth-order valence-electron chi connectivity index (χ4n) is 3.63. The van der Waals surface area contributed by atoms with Crippen LogP contribution in [-0.4, -0.2) is 35.4 Å². The highest BCUT2D eigenvalue weighted by molar-refractivity contribution is 5.80. The predicted molar refractivity (Wildman–Crippen MR) is 117 cm³/mol. The molecule has 0 aliphatic rings. The van der Waals surface area contributed by atoms with Crippen LogP contribution in [0.1, 0.15) is 50.3 Å². The van der Waals surface area contributed by atoms with Gasteiger partial charge in [-0.1, -0.05) is 75.2 Å². The Morgan fingerprint density at radius 2 is 1.73 bits per heavy atom. The molecule has 2 heterocycles. The van der Waals surface area contributed by atoms with Crippen LogP contribution < -0.4 is 0 Å². The molecule has 30 heavy (non-hydrogen) atoms. The van der Waals surface area contributed by atoms with Gasteiger partial charge in [-0.05, 0) is 33.5 Å². The molecule has 0 bridgehead atoms. The third-order valence-electron chi connectivity index (χ3n) is 5.24. The smallest absolute Gasteiger partial charge is 0.180 e. The third kappa shape index (κ3) is 4.45. The Kier molecular flexibility index (Phi) is 6.27. The Labute approximate surface area is 176 Å². The molecule has 7 heteroatoms. The Morgan fingerprint density at radius 3 is 2.43 bits per heavy atom. The molecule has 0 atom stereocenters. The van der Waals surface area contributed by atoms with Crippen LogP contribution in [0.3, 0.4) is 0 Å². The van der Waals surface area contributed by atoms with E-state index in [0.29, 0.717) is 5.82 Å². The first-order valence-electron chi connectivity index (χ1n) is 10.6. The highest BCUT2D eigenvalue weighted by Gasteiger charge is 2.11. The van der Waals surface area contributed by atoms with Gasteiger partial charge in [-0.3, -0.25) is 0 Å². The number of aromatic amines is 1. The maximum absolute atomic E-state index is 4.76. The second-order valence-electron chi connectivity index (χ2n) is 7.40. The molecule has 0 radical (unpaired) electrons. The first-order valence-corrected chi connectivity index (χ1v) is 10.6. The Morgan fingerprint density at radius 1 is 0.933 bits per heavy atom. The number of aromatic nitrogens is 7. The highest BCUT2D eigenvalue weighted by Crippen LogP contribution is 2.29. The van der Waals surface area contributed by atoms with Crippen molar-refractivity contribution in [3.8, 4) is 22.5 Å². The number of rotatable bonds is 9. The molecule has 2 aromatic carbocycles. The Bertz CT molecular complexity index is 1070. The number of hydrogen-bond donors (Lipinski definition) is 1. The SMILES string of the molecule is CCCCCc1nc(CC)n(Cc2ccc(-c3ccccc3-c3nnn[nH]3)cc2)n1. The molecule has 154 valence electrons. The lowest BCUT2D eigenvalue weighted by atomic mass is 9.98. The summed E-state index contributed by atoms with van der Waals surface area (Å²) >= 11 is 0. The van der Waals surface area contributed by atoms with Crippen LogP contribution in [0.25, 0.3) is 22.5 Å². The summed E-state index contributed by atoms with van der Waals surface area (Å²) < 4.78 is 2.05. The molecule has 0 saturated heterocycles. The summed E-state index contributed by atoms with van der Waals surface area (Å²) in [5.41, 5.74) is 4.41. The minimum absolute atomic E-state index is 0.667. The lowest BCUT2D eigenvalue weighted by Crippen LogP contribution is -2.06. The number of nitrogens with zero attached hydrogens (tertiary/aromatic N) is 6. The minimum atomic E-state index is 0.667. The summed E-state index contributed by atoms with van der Waals surface area (Å²) in [6.45, 7) is 5.08. The van der Waals surface area contributed by atoms with E-state index >= 15 is 0 Å². The summed E-state index contributed by atoms with van der Waals surface area (Å²) in [6.07, 6.45) is 5.43. The van der Waals surface area contributed by atoms with Crippen molar-refractivity contribution in [1.29, 1.82) is 0 Å². The molecule has 4 rings (SSSR count). The van der Waals surface area contributed by atoms with E-state index in [0.717, 1.165) is 54.1 Å². The second kappa shape index (κ2) is 9.43. The number of aryl methyl sites for hydroxylation is 2. The van der Waals surface area contributed by atoms with Crippen molar-refractivity contribution in [2.75, 3.05) is 0 Å². The molecular formula is C23H27N7. The summed E-state index contributed by atoms with van der Waals surface area (Å²) in [6, 6.07) is 16.7. The zero-order valence-corrected chi connectivity index (χ0v) is 17.5. The van der Waals surface area contributed by atoms with Gasteiger partial charge in [0.25, 0.3) is 0 Å². The number of nitrogens with one attached hydrogen (secondary N) is 1. The van der Waals surface area contributed by atoms with Gasteiger partial charge >= 0.3 is 0 Å². The maximum atomic E-state index is 4.76. The van der Waals surface area contributed by atoms with E-state index in [2.05, 4.69) is 64.8 Å². The van der Waals surface area contributed by atoms with Gasteiger partial charge in [0.05, 0.1) is 6.54 Å². The average molecular weight is 402 g/mol. The van der Waals surface area contributed by atoms with E-state index < -0.39 is 0 Å². The zero-order valence-electron chi connectivity index (χ0n) is 17.5. The second-order valence-corrected chi connectivity index (χ2v) is 7.40. The van der Waals surface area contributed by atoms with Crippen molar-refractivity contribution in [3.63, 3.8) is 0 Å². The average Bonchev–Trinajstić information content (AvgIpc) is 3.45. The van der Waals surface area contributed by atoms with E-state index in [4.69, 9.17) is 10.1 Å². The van der Waals surface area contributed by atoms with E-state index in [1.165, 1.54) is 18.4 Å². The summed E-state index contributed by atoms with van der Waals surface area (Å²) in [7, 11) is 0. The van der Waals surface area contributed by atoms with Gasteiger partial charge < -0.3 is 0 Å². The number of benzene rings is 2. The summed E-state index contributed by atoms with van der Waals surface area (Å²) in [5.74, 6) is 2.68. The van der Waals surface area contributed by atoms with Crippen LogP contribution in [0.2, 0.25) is 0 Å². The molecule has 0 unspecified atom stereocenters. The van der Waals surface area contributed by atoms with Gasteiger partial charge in [0.1, 0.15) is 5.82 Å². The Balaban J connectivity index is 1.53. The lowest BCUT2D eigenvalue weighted by Gasteiger charge is -2.09. The molecule has 2 aromatic heterocycles. The van der Waals surface area contributed by atoms with Crippen molar-refractivity contribution < 1.29 is 0 Å². The standard InChI is InChI=1S/C23H27N7/c1-3-5-6-11-21-24-22(4-2)30(27-21)16-17-12-14-18(15-13-17)19-9-7-8-10-20(19)23-25-28-29-26-23/h7-10,12-15H,3-6,11,16H2,1-2H3,(H,25,26,28,29). The molecule has 0 spiro atoms. The van der Waals surface area contributed by atoms with Crippen molar-refractivity contribution in [3.05, 3.63) is 65.7 Å². The van der Waals surface area contributed by atoms with Crippen molar-refractivity contribution in [2.24, 2.45) is 0 Å². The van der Waals surface area contributed by atoms with Crippen molar-refractivity contribution in [1.82, 2.24) is 35.4 Å². The molecule has 0 amide bonds. The molecule has 0 fully saturated rings. The number of tetrazole rings is 1. The van der Waals surface area contributed by atoms with E-state index in [9.17, 15) is 0 Å². The van der Waals surface area contributed by atoms with Crippen LogP contribution in [-0.2, 0) is 19.4 Å². The largest absolute Gasteiger partial charge is 0.245 e. The quantitative estimate of drug-likeness (QED) is 0.418. The van der Waals surface area contributed by atoms with Gasteiger partial charge in [-0.15, -0.1) is 5.10 Å². The topological polar surface area (TPSA) is 85.2 Å². The predicted octanol–water partition coefficient (Wildman–Crippen LogP) is 4.47. The fourth-order valence-corrected chi connectivity index (χ4v) is 3.63. The van der Waals surface area contributed by atoms with E-state index in [-0.39, 0.29) is 0 Å². The van der Waals surface area contributed by atoms with Gasteiger partial charge in [0.2, 0.25) is 0 Å². The van der Waals surface area contributed by atoms with Crippen molar-refractivity contribution in [2.45, 2.75) is 52.5 Å². The van der Waals surface area contributed by atoms with Gasteiger partial charge in [-0.2, -0.15) is 5.10 Å². The first kappa shape index (κ1) is 19.9. The molecule has 7 nitrogen and oxygen atoms in total.